The molecular weight excluding hydrogens is 376 g/mol. The molecule has 0 unspecified atom stereocenters. The van der Waals surface area contributed by atoms with E-state index < -0.39 is 0 Å². The highest BCUT2D eigenvalue weighted by Crippen LogP contribution is 2.26. The SMILES string of the molecule is O=C(NCCN1CCCC1)c1ccc(NC(=O)N2CCCCc3ccccc32)cc1. The van der Waals surface area contributed by atoms with Crippen molar-refractivity contribution >= 4 is 23.3 Å². The number of carbonyl (C=O) groups excluding carboxylic acids is 2. The van der Waals surface area contributed by atoms with Crippen molar-refractivity contribution in [2.45, 2.75) is 32.1 Å². The number of amides is 3. The first kappa shape index (κ1) is 20.4. The molecule has 6 heteroatoms. The maximum Gasteiger partial charge on any atom is 0.326 e. The Labute approximate surface area is 178 Å². The molecule has 158 valence electrons. The van der Waals surface area contributed by atoms with Crippen LogP contribution in [-0.2, 0) is 6.42 Å². The van der Waals surface area contributed by atoms with Gasteiger partial charge in [-0.15, -0.1) is 0 Å². The van der Waals surface area contributed by atoms with Crippen molar-refractivity contribution in [1.82, 2.24) is 10.2 Å². The Bertz CT molecular complexity index is 875. The number of likely N-dealkylation sites (tertiary alicyclic amines) is 1. The molecule has 4 rings (SSSR count). The Balaban J connectivity index is 1.33. The summed E-state index contributed by atoms with van der Waals surface area (Å²) in [7, 11) is 0. The highest BCUT2D eigenvalue weighted by atomic mass is 16.2. The summed E-state index contributed by atoms with van der Waals surface area (Å²) < 4.78 is 0. The molecule has 2 heterocycles. The van der Waals surface area contributed by atoms with E-state index in [2.05, 4.69) is 21.6 Å². The molecule has 2 aliphatic heterocycles. The zero-order chi connectivity index (χ0) is 20.8. The molecule has 0 radical (unpaired) electrons. The van der Waals surface area contributed by atoms with Crippen molar-refractivity contribution in [1.29, 1.82) is 0 Å². The summed E-state index contributed by atoms with van der Waals surface area (Å²) in [6.07, 6.45) is 5.58. The van der Waals surface area contributed by atoms with E-state index in [1.165, 1.54) is 18.4 Å². The quantitative estimate of drug-likeness (QED) is 0.792. The van der Waals surface area contributed by atoms with Crippen molar-refractivity contribution in [3.63, 3.8) is 0 Å². The minimum absolute atomic E-state index is 0.0754. The fourth-order valence-electron chi connectivity index (χ4n) is 4.23. The molecule has 2 aromatic rings. The number of hydrogen-bond donors (Lipinski definition) is 2. The number of nitrogens with zero attached hydrogens (tertiary/aromatic N) is 2. The lowest BCUT2D eigenvalue weighted by Gasteiger charge is -2.23. The third kappa shape index (κ3) is 5.00. The molecule has 0 spiro atoms. The fourth-order valence-corrected chi connectivity index (χ4v) is 4.23. The molecule has 6 nitrogen and oxygen atoms in total. The van der Waals surface area contributed by atoms with Crippen LogP contribution >= 0.6 is 0 Å². The van der Waals surface area contributed by atoms with Gasteiger partial charge in [-0.3, -0.25) is 9.69 Å². The van der Waals surface area contributed by atoms with Gasteiger partial charge >= 0.3 is 6.03 Å². The first-order valence-electron chi connectivity index (χ1n) is 11.0. The summed E-state index contributed by atoms with van der Waals surface area (Å²) in [4.78, 5) is 29.4. The molecule has 30 heavy (non-hydrogen) atoms. The van der Waals surface area contributed by atoms with Crippen molar-refractivity contribution in [2.75, 3.05) is 42.9 Å². The van der Waals surface area contributed by atoms with Gasteiger partial charge in [-0.25, -0.2) is 4.79 Å². The first-order chi connectivity index (χ1) is 14.7. The Morgan fingerprint density at radius 2 is 1.60 bits per heavy atom. The van der Waals surface area contributed by atoms with Crippen LogP contribution in [0.15, 0.2) is 48.5 Å². The van der Waals surface area contributed by atoms with Crippen LogP contribution in [0.4, 0.5) is 16.2 Å². The van der Waals surface area contributed by atoms with E-state index >= 15 is 0 Å². The zero-order valence-electron chi connectivity index (χ0n) is 17.4. The van der Waals surface area contributed by atoms with Crippen molar-refractivity contribution in [3.8, 4) is 0 Å². The lowest BCUT2D eigenvalue weighted by molar-refractivity contribution is 0.0950. The maximum absolute atomic E-state index is 12.9. The molecule has 0 atom stereocenters. The van der Waals surface area contributed by atoms with Gasteiger partial charge < -0.3 is 15.5 Å². The third-order valence-corrected chi connectivity index (χ3v) is 5.92. The van der Waals surface area contributed by atoms with Gasteiger partial charge in [0.1, 0.15) is 0 Å². The van der Waals surface area contributed by atoms with Crippen LogP contribution in [-0.4, -0.2) is 49.6 Å². The number of nitrogens with one attached hydrogen (secondary N) is 2. The monoisotopic (exact) mass is 406 g/mol. The summed E-state index contributed by atoms with van der Waals surface area (Å²) in [5.74, 6) is -0.0754. The smallest absolute Gasteiger partial charge is 0.326 e. The molecule has 3 amide bonds. The molecule has 1 saturated heterocycles. The summed E-state index contributed by atoms with van der Waals surface area (Å²) in [5.41, 5.74) is 3.50. The van der Waals surface area contributed by atoms with Gasteiger partial charge in [0.25, 0.3) is 5.91 Å². The van der Waals surface area contributed by atoms with Gasteiger partial charge in [0.05, 0.1) is 0 Å². The third-order valence-electron chi connectivity index (χ3n) is 5.92. The van der Waals surface area contributed by atoms with E-state index in [0.717, 1.165) is 44.6 Å². The first-order valence-corrected chi connectivity index (χ1v) is 11.0. The number of fused-ring (bicyclic) bond motifs is 1. The summed E-state index contributed by atoms with van der Waals surface area (Å²) in [5, 5.41) is 5.95. The van der Waals surface area contributed by atoms with Crippen LogP contribution in [0.25, 0.3) is 0 Å². The van der Waals surface area contributed by atoms with Crippen LogP contribution in [0.3, 0.4) is 0 Å². The Morgan fingerprint density at radius 1 is 0.867 bits per heavy atom. The predicted molar refractivity (Wildman–Crippen MR) is 120 cm³/mol. The van der Waals surface area contributed by atoms with E-state index in [-0.39, 0.29) is 11.9 Å². The van der Waals surface area contributed by atoms with E-state index in [1.807, 2.05) is 23.1 Å². The predicted octanol–water partition coefficient (Wildman–Crippen LogP) is 3.89. The maximum atomic E-state index is 12.9. The van der Waals surface area contributed by atoms with Gasteiger partial charge in [-0.05, 0) is 81.1 Å². The number of rotatable bonds is 5. The standard InChI is InChI=1S/C24H30N4O2/c29-23(25-14-18-27-15-5-6-16-27)20-10-12-21(13-11-20)26-24(30)28-17-4-3-8-19-7-1-2-9-22(19)28/h1-2,7,9-13H,3-6,8,14-18H2,(H,25,29)(H,26,30). The van der Waals surface area contributed by atoms with Crippen LogP contribution < -0.4 is 15.5 Å². The number of benzene rings is 2. The number of anilines is 2. The summed E-state index contributed by atoms with van der Waals surface area (Å²) >= 11 is 0. The normalized spacial score (nSPS) is 16.6. The molecule has 0 saturated carbocycles. The second-order valence-electron chi connectivity index (χ2n) is 8.05. The minimum atomic E-state index is -0.132. The van der Waals surface area contributed by atoms with Crippen LogP contribution in [0.2, 0.25) is 0 Å². The Morgan fingerprint density at radius 3 is 2.40 bits per heavy atom. The van der Waals surface area contributed by atoms with Crippen LogP contribution in [0, 0.1) is 0 Å². The van der Waals surface area contributed by atoms with Gasteiger partial charge in [-0.2, -0.15) is 0 Å². The summed E-state index contributed by atoms with van der Waals surface area (Å²) in [6.45, 7) is 4.53. The second-order valence-corrected chi connectivity index (χ2v) is 8.05. The second kappa shape index (κ2) is 9.76. The molecule has 1 fully saturated rings. The fraction of sp³-hybridized carbons (Fsp3) is 0.417. The van der Waals surface area contributed by atoms with Gasteiger partial charge in [0.15, 0.2) is 0 Å². The number of aryl methyl sites for hydroxylation is 1. The Hall–Kier alpha value is -2.86. The minimum Gasteiger partial charge on any atom is -0.351 e. The lowest BCUT2D eigenvalue weighted by atomic mass is 10.1. The molecule has 2 N–H and O–H groups in total. The van der Waals surface area contributed by atoms with E-state index in [0.29, 0.717) is 24.3 Å². The molecule has 0 aromatic heterocycles. The average Bonchev–Trinajstić information content (AvgIpc) is 3.19. The largest absolute Gasteiger partial charge is 0.351 e. The van der Waals surface area contributed by atoms with E-state index in [1.54, 1.807) is 24.3 Å². The van der Waals surface area contributed by atoms with Crippen LogP contribution in [0.1, 0.15) is 41.6 Å². The average molecular weight is 407 g/mol. The van der Waals surface area contributed by atoms with Crippen LogP contribution in [0.5, 0.6) is 0 Å². The van der Waals surface area contributed by atoms with Crippen molar-refractivity contribution < 1.29 is 9.59 Å². The molecule has 0 aliphatic carbocycles. The number of urea groups is 1. The number of para-hydroxylation sites is 1. The molecule has 2 aromatic carbocycles. The van der Waals surface area contributed by atoms with Crippen molar-refractivity contribution in [3.05, 3.63) is 59.7 Å². The lowest BCUT2D eigenvalue weighted by Crippen LogP contribution is -2.35. The number of hydrogen-bond acceptors (Lipinski definition) is 3. The highest BCUT2D eigenvalue weighted by molar-refractivity contribution is 6.02. The van der Waals surface area contributed by atoms with Gasteiger partial charge in [-0.1, -0.05) is 18.2 Å². The van der Waals surface area contributed by atoms with E-state index in [4.69, 9.17) is 0 Å². The van der Waals surface area contributed by atoms with E-state index in [9.17, 15) is 9.59 Å². The Kier molecular flexibility index (Phi) is 6.64. The molecule has 2 aliphatic rings. The molecular formula is C24H30N4O2. The van der Waals surface area contributed by atoms with Gasteiger partial charge in [0.2, 0.25) is 0 Å². The number of carbonyl (C=O) groups is 2. The topological polar surface area (TPSA) is 64.7 Å². The summed E-state index contributed by atoms with van der Waals surface area (Å²) in [6, 6.07) is 15.1. The zero-order valence-corrected chi connectivity index (χ0v) is 17.4. The highest BCUT2D eigenvalue weighted by Gasteiger charge is 2.21. The molecule has 0 bridgehead atoms. The van der Waals surface area contributed by atoms with Crippen molar-refractivity contribution in [2.24, 2.45) is 0 Å². The van der Waals surface area contributed by atoms with Gasteiger partial charge in [0, 0.05) is 36.6 Å².